The molecule has 0 radical (unpaired) electrons. The molecule has 0 N–H and O–H groups in total. The van der Waals surface area contributed by atoms with Gasteiger partial charge in [0.2, 0.25) is 0 Å². The summed E-state index contributed by atoms with van der Waals surface area (Å²) in [5, 5.41) is 0. The number of hydrogen-bond donors (Lipinski definition) is 0. The quantitative estimate of drug-likeness (QED) is 0.365. The molecule has 0 aliphatic carbocycles. The summed E-state index contributed by atoms with van der Waals surface area (Å²) in [6.45, 7) is 4.00. The van der Waals surface area contributed by atoms with Crippen LogP contribution in [0.3, 0.4) is 0 Å². The molecule has 0 aromatic heterocycles. The first kappa shape index (κ1) is 6.35. The molecule has 7 heavy (non-hydrogen) atoms. The summed E-state index contributed by atoms with van der Waals surface area (Å²) < 4.78 is 0. The van der Waals surface area contributed by atoms with Crippen molar-refractivity contribution in [3.05, 3.63) is 30.7 Å². The average molecular weight is 95.2 g/mol. The van der Waals surface area contributed by atoms with Gasteiger partial charge in [0.25, 0.3) is 0 Å². The molecule has 0 heteroatoms. The minimum Gasteiger partial charge on any atom is -0.0673 e. The van der Waals surface area contributed by atoms with Crippen LogP contribution >= 0.6 is 0 Å². The van der Waals surface area contributed by atoms with E-state index in [2.05, 4.69) is 0 Å². The third-order valence-electron chi connectivity index (χ3n) is 0.607. The summed E-state index contributed by atoms with van der Waals surface area (Å²) in [6.07, 6.45) is 10.0. The molecule has 0 aliphatic rings. The molecule has 0 heterocycles. The van der Waals surface area contributed by atoms with Gasteiger partial charge in [-0.25, -0.2) is 0 Å². The van der Waals surface area contributed by atoms with Crippen molar-refractivity contribution in [3.63, 3.8) is 0 Å². The third kappa shape index (κ3) is 5.35. The van der Waals surface area contributed by atoms with Crippen molar-refractivity contribution in [3.8, 4) is 0 Å². The zero-order chi connectivity index (χ0) is 5.54. The average Bonchev–Trinajstić information content (AvgIpc) is 1.69. The van der Waals surface area contributed by atoms with Crippen LogP contribution in [0.4, 0.5) is 0 Å². The molecule has 0 spiro atoms. The molecular weight excluding hydrogens is 84.1 g/mol. The van der Waals surface area contributed by atoms with E-state index in [-0.39, 0.29) is 0 Å². The van der Waals surface area contributed by atoms with Crippen LogP contribution in [-0.4, -0.2) is 0 Å². The van der Waals surface area contributed by atoms with E-state index in [4.69, 9.17) is 0 Å². The van der Waals surface area contributed by atoms with Crippen LogP contribution in [0.1, 0.15) is 13.8 Å². The molecule has 0 unspecified atom stereocenters. The van der Waals surface area contributed by atoms with E-state index in [9.17, 15) is 0 Å². The van der Waals surface area contributed by atoms with Crippen molar-refractivity contribution in [1.82, 2.24) is 0 Å². The molecule has 0 saturated carbocycles. The van der Waals surface area contributed by atoms with Gasteiger partial charge >= 0.3 is 0 Å². The highest BCUT2D eigenvalue weighted by atomic mass is 13.6. The van der Waals surface area contributed by atoms with Crippen LogP contribution in [0.25, 0.3) is 0 Å². The Morgan fingerprint density at radius 1 is 1.29 bits per heavy atom. The first-order chi connectivity index (χ1) is 3.41. The molecule has 0 nitrogen and oxygen atoms in total. The van der Waals surface area contributed by atoms with E-state index in [0.717, 1.165) is 0 Å². The van der Waals surface area contributed by atoms with Crippen LogP contribution < -0.4 is 0 Å². The van der Waals surface area contributed by atoms with Gasteiger partial charge in [0.05, 0.1) is 12.2 Å². The Kier molecular flexibility index (Phi) is 4.85. The van der Waals surface area contributed by atoms with Crippen molar-refractivity contribution in [2.24, 2.45) is 0 Å². The first-order valence-corrected chi connectivity index (χ1v) is 2.49. The minimum absolute atomic E-state index is 2.00. The summed E-state index contributed by atoms with van der Waals surface area (Å²) in [4.78, 5) is 0. The summed E-state index contributed by atoms with van der Waals surface area (Å²) >= 11 is 0. The third-order valence-corrected chi connectivity index (χ3v) is 0.607. The van der Waals surface area contributed by atoms with Crippen molar-refractivity contribution in [2.75, 3.05) is 0 Å². The highest BCUT2D eigenvalue weighted by Crippen LogP contribution is 1.78. The van der Waals surface area contributed by atoms with Gasteiger partial charge in [0, 0.05) is 19.4 Å². The molecule has 38 valence electrons. The lowest BCUT2D eigenvalue weighted by molar-refractivity contribution is 1.55. The number of allylic oxidation sites excluding steroid dienone is 4. The Morgan fingerprint density at radius 3 is 2.43 bits per heavy atom. The summed E-state index contributed by atoms with van der Waals surface area (Å²) in [6, 6.07) is 0. The van der Waals surface area contributed by atoms with Crippen molar-refractivity contribution >= 4 is 0 Å². The van der Waals surface area contributed by atoms with Gasteiger partial charge in [0.1, 0.15) is 0 Å². The molecule has 0 bridgehead atoms. The first-order valence-electron chi connectivity index (χ1n) is 2.49. The fourth-order valence-corrected chi connectivity index (χ4v) is 0.286. The number of rotatable bonds is 2. The summed E-state index contributed by atoms with van der Waals surface area (Å²) in [7, 11) is 0. The molecular formula is C7H11+. The Bertz CT molecular complexity index is 68.1. The smallest absolute Gasteiger partial charge is 0.0673 e. The predicted octanol–water partition coefficient (Wildman–Crippen LogP) is 2.34. The SMILES string of the molecule is C/C=C/C=C/[CH+]C. The summed E-state index contributed by atoms with van der Waals surface area (Å²) in [5.74, 6) is 0. The maximum Gasteiger partial charge on any atom is 0.0936 e. The fourth-order valence-electron chi connectivity index (χ4n) is 0.286. The fraction of sp³-hybridized carbons (Fsp3) is 0.286. The van der Waals surface area contributed by atoms with Gasteiger partial charge in [-0.15, -0.1) is 0 Å². The molecule has 0 aliphatic heterocycles. The Morgan fingerprint density at radius 2 is 2.00 bits per heavy atom. The molecule has 0 aromatic carbocycles. The van der Waals surface area contributed by atoms with E-state index in [1.165, 1.54) is 0 Å². The van der Waals surface area contributed by atoms with Crippen molar-refractivity contribution in [2.45, 2.75) is 13.8 Å². The van der Waals surface area contributed by atoms with Gasteiger partial charge in [-0.05, 0) is 6.92 Å². The topological polar surface area (TPSA) is 0 Å². The molecule has 0 fully saturated rings. The van der Waals surface area contributed by atoms with Gasteiger partial charge in [0.15, 0.2) is 0 Å². The molecule has 0 amide bonds. The highest BCUT2D eigenvalue weighted by molar-refractivity contribution is 5.05. The monoisotopic (exact) mass is 95.1 g/mol. The van der Waals surface area contributed by atoms with E-state index in [0.29, 0.717) is 0 Å². The van der Waals surface area contributed by atoms with E-state index >= 15 is 0 Å². The lowest BCUT2D eigenvalue weighted by Gasteiger charge is -1.60. The standard InChI is InChI=1S/C7H11/c1-3-5-7-6-4-2/h3-7H,1-2H3/q+1/b5-3+,7-6+. The van der Waals surface area contributed by atoms with Crippen LogP contribution in [0.2, 0.25) is 0 Å². The zero-order valence-electron chi connectivity index (χ0n) is 4.89. The Hall–Kier alpha value is -0.650. The van der Waals surface area contributed by atoms with E-state index in [1.807, 2.05) is 44.6 Å². The van der Waals surface area contributed by atoms with Crippen LogP contribution in [-0.2, 0) is 0 Å². The Labute approximate surface area is 45.5 Å². The zero-order valence-corrected chi connectivity index (χ0v) is 4.89. The lowest BCUT2D eigenvalue weighted by atomic mass is 10.4. The maximum absolute atomic E-state index is 2.00. The van der Waals surface area contributed by atoms with Gasteiger partial charge in [-0.3, -0.25) is 0 Å². The van der Waals surface area contributed by atoms with E-state index in [1.54, 1.807) is 0 Å². The van der Waals surface area contributed by atoms with E-state index < -0.39 is 0 Å². The highest BCUT2D eigenvalue weighted by Gasteiger charge is 1.68. The van der Waals surface area contributed by atoms with Gasteiger partial charge in [-0.2, -0.15) is 0 Å². The second-order valence-electron chi connectivity index (χ2n) is 1.24. The lowest BCUT2D eigenvalue weighted by Crippen LogP contribution is -1.50. The largest absolute Gasteiger partial charge is 0.0936 e. The Balaban J connectivity index is 3.09. The van der Waals surface area contributed by atoms with Crippen LogP contribution in [0, 0.1) is 6.42 Å². The second kappa shape index (κ2) is 5.35. The van der Waals surface area contributed by atoms with Crippen LogP contribution in [0.5, 0.6) is 0 Å². The maximum atomic E-state index is 2.00. The normalized spacial score (nSPS) is 11.1. The molecule has 0 atom stereocenters. The second-order valence-corrected chi connectivity index (χ2v) is 1.24. The van der Waals surface area contributed by atoms with Crippen molar-refractivity contribution in [1.29, 1.82) is 0 Å². The number of hydrogen-bond acceptors (Lipinski definition) is 0. The minimum atomic E-state index is 2.00. The molecule has 0 saturated heterocycles. The van der Waals surface area contributed by atoms with Gasteiger partial charge < -0.3 is 0 Å². The van der Waals surface area contributed by atoms with Crippen LogP contribution in [0.15, 0.2) is 24.3 Å². The molecule has 0 aromatic rings. The van der Waals surface area contributed by atoms with Crippen molar-refractivity contribution < 1.29 is 0 Å². The van der Waals surface area contributed by atoms with Gasteiger partial charge in [-0.1, -0.05) is 6.08 Å². The molecule has 0 rings (SSSR count). The summed E-state index contributed by atoms with van der Waals surface area (Å²) in [5.41, 5.74) is 0. The predicted molar refractivity (Wildman–Crippen MR) is 33.9 cm³/mol.